The molecule has 3 rings (SSSR count). The topological polar surface area (TPSA) is 29.0 Å². The zero-order valence-corrected chi connectivity index (χ0v) is 11.8. The highest BCUT2D eigenvalue weighted by molar-refractivity contribution is 9.09. The van der Waals surface area contributed by atoms with Crippen LogP contribution >= 0.6 is 15.9 Å². The second-order valence-electron chi connectivity index (χ2n) is 4.86. The third-order valence-corrected chi connectivity index (χ3v) is 4.50. The van der Waals surface area contributed by atoms with Crippen LogP contribution in [0.2, 0.25) is 0 Å². The predicted molar refractivity (Wildman–Crippen MR) is 78.3 cm³/mol. The molecule has 2 aromatic rings. The molecule has 3 nitrogen and oxygen atoms in total. The molecule has 4 heteroatoms. The zero-order chi connectivity index (χ0) is 12.4. The number of alkyl halides is 1. The summed E-state index contributed by atoms with van der Waals surface area (Å²) in [6.07, 6.45) is 4.38. The summed E-state index contributed by atoms with van der Waals surface area (Å²) in [5.41, 5.74) is 0. The Kier molecular flexibility index (Phi) is 3.46. The lowest BCUT2D eigenvalue weighted by molar-refractivity contribution is 0.452. The molecule has 0 amide bonds. The van der Waals surface area contributed by atoms with Crippen LogP contribution in [-0.4, -0.2) is 28.6 Å². The number of rotatable bonds is 2. The van der Waals surface area contributed by atoms with E-state index in [9.17, 15) is 0 Å². The maximum Gasteiger partial charge on any atom is 0.159 e. The lowest BCUT2D eigenvalue weighted by Gasteiger charge is -2.33. The molecule has 2 heterocycles. The summed E-state index contributed by atoms with van der Waals surface area (Å²) in [7, 11) is 0. The molecule has 0 N–H and O–H groups in total. The van der Waals surface area contributed by atoms with Crippen molar-refractivity contribution in [3.63, 3.8) is 0 Å². The molecule has 1 atom stereocenters. The maximum absolute atomic E-state index is 4.36. The molecule has 1 fully saturated rings. The molecule has 0 aliphatic carbocycles. The highest BCUT2D eigenvalue weighted by atomic mass is 79.9. The van der Waals surface area contributed by atoms with Gasteiger partial charge < -0.3 is 4.90 Å². The van der Waals surface area contributed by atoms with Crippen LogP contribution in [0, 0.1) is 5.92 Å². The molecule has 1 unspecified atom stereocenters. The van der Waals surface area contributed by atoms with Crippen molar-refractivity contribution in [2.75, 3.05) is 23.3 Å². The van der Waals surface area contributed by atoms with E-state index < -0.39 is 0 Å². The Bertz CT molecular complexity index is 538. The Balaban J connectivity index is 1.98. The molecule has 1 aromatic heterocycles. The second-order valence-corrected chi connectivity index (χ2v) is 5.51. The zero-order valence-electron chi connectivity index (χ0n) is 10.2. The van der Waals surface area contributed by atoms with Crippen molar-refractivity contribution in [3.8, 4) is 0 Å². The number of piperidine rings is 1. The third kappa shape index (κ3) is 2.21. The Morgan fingerprint density at radius 3 is 3.11 bits per heavy atom. The highest BCUT2D eigenvalue weighted by Crippen LogP contribution is 2.27. The number of halogens is 1. The summed E-state index contributed by atoms with van der Waals surface area (Å²) in [5, 5.41) is 11.9. The van der Waals surface area contributed by atoms with Crippen molar-refractivity contribution < 1.29 is 0 Å². The molecule has 1 aliphatic heterocycles. The maximum atomic E-state index is 4.36. The number of hydrogen-bond donors (Lipinski definition) is 0. The van der Waals surface area contributed by atoms with Crippen LogP contribution < -0.4 is 4.90 Å². The van der Waals surface area contributed by atoms with Crippen LogP contribution in [0.25, 0.3) is 10.8 Å². The standard InChI is InChI=1S/C14H16BrN3/c15-8-11-4-3-7-18(10-11)14-13-6-2-1-5-12(13)9-16-17-14/h1-2,5-6,9,11H,3-4,7-8,10H2. The van der Waals surface area contributed by atoms with Crippen molar-refractivity contribution in [2.24, 2.45) is 5.92 Å². The fourth-order valence-electron chi connectivity index (χ4n) is 2.63. The minimum absolute atomic E-state index is 0.722. The molecule has 0 saturated carbocycles. The summed E-state index contributed by atoms with van der Waals surface area (Å²) in [6, 6.07) is 8.35. The molecule has 0 bridgehead atoms. The van der Waals surface area contributed by atoms with Crippen LogP contribution in [0.5, 0.6) is 0 Å². The van der Waals surface area contributed by atoms with E-state index in [2.05, 4.69) is 49.2 Å². The van der Waals surface area contributed by atoms with Gasteiger partial charge in [0.15, 0.2) is 5.82 Å². The van der Waals surface area contributed by atoms with Crippen molar-refractivity contribution in [3.05, 3.63) is 30.5 Å². The minimum atomic E-state index is 0.722. The van der Waals surface area contributed by atoms with Gasteiger partial charge in [0.2, 0.25) is 0 Å². The Morgan fingerprint density at radius 1 is 1.33 bits per heavy atom. The largest absolute Gasteiger partial charge is 0.354 e. The number of hydrogen-bond acceptors (Lipinski definition) is 3. The van der Waals surface area contributed by atoms with Crippen LogP contribution in [0.15, 0.2) is 30.5 Å². The van der Waals surface area contributed by atoms with Crippen LogP contribution in [0.4, 0.5) is 5.82 Å². The number of aromatic nitrogens is 2. The van der Waals surface area contributed by atoms with Crippen molar-refractivity contribution >= 4 is 32.5 Å². The van der Waals surface area contributed by atoms with E-state index >= 15 is 0 Å². The fraction of sp³-hybridized carbons (Fsp3) is 0.429. The normalized spacial score (nSPS) is 20.3. The number of fused-ring (bicyclic) bond motifs is 1. The molecule has 1 aliphatic rings. The van der Waals surface area contributed by atoms with Gasteiger partial charge in [-0.2, -0.15) is 5.10 Å². The lowest BCUT2D eigenvalue weighted by Crippen LogP contribution is -2.36. The van der Waals surface area contributed by atoms with Gasteiger partial charge in [-0.05, 0) is 18.8 Å². The van der Waals surface area contributed by atoms with E-state index in [-0.39, 0.29) is 0 Å². The van der Waals surface area contributed by atoms with E-state index in [4.69, 9.17) is 0 Å². The number of benzene rings is 1. The van der Waals surface area contributed by atoms with Gasteiger partial charge in [-0.15, -0.1) is 5.10 Å². The first-order chi connectivity index (χ1) is 8.88. The average Bonchev–Trinajstić information content (AvgIpc) is 2.47. The minimum Gasteiger partial charge on any atom is -0.354 e. The van der Waals surface area contributed by atoms with Gasteiger partial charge in [0.05, 0.1) is 6.20 Å². The first-order valence-electron chi connectivity index (χ1n) is 6.40. The average molecular weight is 306 g/mol. The van der Waals surface area contributed by atoms with Crippen LogP contribution in [0.3, 0.4) is 0 Å². The molecule has 18 heavy (non-hydrogen) atoms. The first kappa shape index (κ1) is 11.9. The summed E-state index contributed by atoms with van der Waals surface area (Å²) < 4.78 is 0. The van der Waals surface area contributed by atoms with Gasteiger partial charge in [-0.3, -0.25) is 0 Å². The Morgan fingerprint density at radius 2 is 2.22 bits per heavy atom. The van der Waals surface area contributed by atoms with E-state index in [0.717, 1.165) is 30.2 Å². The smallest absolute Gasteiger partial charge is 0.159 e. The van der Waals surface area contributed by atoms with Gasteiger partial charge in [0.25, 0.3) is 0 Å². The Labute approximate surface area is 115 Å². The summed E-state index contributed by atoms with van der Waals surface area (Å²) in [6.45, 7) is 2.17. The molecule has 1 aromatic carbocycles. The van der Waals surface area contributed by atoms with Crippen molar-refractivity contribution in [2.45, 2.75) is 12.8 Å². The van der Waals surface area contributed by atoms with Crippen molar-refractivity contribution in [1.29, 1.82) is 0 Å². The predicted octanol–water partition coefficient (Wildman–Crippen LogP) is 3.24. The summed E-state index contributed by atoms with van der Waals surface area (Å²) in [4.78, 5) is 2.38. The van der Waals surface area contributed by atoms with Gasteiger partial charge in [0, 0.05) is 29.2 Å². The fourth-order valence-corrected chi connectivity index (χ4v) is 3.16. The molecule has 1 saturated heterocycles. The van der Waals surface area contributed by atoms with Gasteiger partial charge in [-0.1, -0.05) is 40.2 Å². The van der Waals surface area contributed by atoms with E-state index in [1.165, 1.54) is 23.6 Å². The third-order valence-electron chi connectivity index (χ3n) is 3.59. The van der Waals surface area contributed by atoms with Gasteiger partial charge in [-0.25, -0.2) is 0 Å². The molecular formula is C14H16BrN3. The SMILES string of the molecule is BrCC1CCCN(c2nncc3ccccc23)C1. The van der Waals surface area contributed by atoms with Gasteiger partial charge >= 0.3 is 0 Å². The van der Waals surface area contributed by atoms with Crippen molar-refractivity contribution in [1.82, 2.24) is 10.2 Å². The first-order valence-corrected chi connectivity index (χ1v) is 7.52. The van der Waals surface area contributed by atoms with E-state index in [0.29, 0.717) is 0 Å². The van der Waals surface area contributed by atoms with Crippen LogP contribution in [-0.2, 0) is 0 Å². The van der Waals surface area contributed by atoms with Gasteiger partial charge in [0.1, 0.15) is 0 Å². The van der Waals surface area contributed by atoms with E-state index in [1.54, 1.807) is 0 Å². The second kappa shape index (κ2) is 5.22. The highest BCUT2D eigenvalue weighted by Gasteiger charge is 2.21. The molecular weight excluding hydrogens is 290 g/mol. The molecule has 0 radical (unpaired) electrons. The monoisotopic (exact) mass is 305 g/mol. The quantitative estimate of drug-likeness (QED) is 0.798. The van der Waals surface area contributed by atoms with E-state index in [1.807, 2.05) is 12.3 Å². The summed E-state index contributed by atoms with van der Waals surface area (Å²) in [5.74, 6) is 1.76. The number of nitrogens with zero attached hydrogens (tertiary/aromatic N) is 3. The molecule has 94 valence electrons. The Hall–Kier alpha value is -1.16. The lowest BCUT2D eigenvalue weighted by atomic mass is 10.00. The molecule has 0 spiro atoms. The van der Waals surface area contributed by atoms with Crippen LogP contribution in [0.1, 0.15) is 12.8 Å². The number of anilines is 1. The summed E-state index contributed by atoms with van der Waals surface area (Å²) >= 11 is 3.60.